The first-order valence-corrected chi connectivity index (χ1v) is 6.96. The molecule has 94 valence electrons. The zero-order valence-electron chi connectivity index (χ0n) is 11.1. The Morgan fingerprint density at radius 3 is 1.89 bits per heavy atom. The van der Waals surface area contributed by atoms with Gasteiger partial charge in [0, 0.05) is 21.0 Å². The zero-order valence-corrected chi connectivity index (χ0v) is 11.9. The molecule has 0 aliphatic heterocycles. The Bertz CT molecular complexity index is 483. The van der Waals surface area contributed by atoms with Crippen molar-refractivity contribution >= 4 is 23.1 Å². The van der Waals surface area contributed by atoms with Crippen molar-refractivity contribution in [1.82, 2.24) is 0 Å². The third-order valence-corrected chi connectivity index (χ3v) is 3.46. The van der Waals surface area contributed by atoms with Gasteiger partial charge in [0.1, 0.15) is 0 Å². The molecule has 18 heavy (non-hydrogen) atoms. The molecule has 0 aliphatic rings. The van der Waals surface area contributed by atoms with Crippen LogP contribution >= 0.6 is 11.8 Å². The summed E-state index contributed by atoms with van der Waals surface area (Å²) in [5.74, 6) is 0. The molecule has 0 aliphatic carbocycles. The van der Waals surface area contributed by atoms with Gasteiger partial charge in [0.15, 0.2) is 0 Å². The molecular formula is C16H19NS. The lowest BCUT2D eigenvalue weighted by atomic mass is 10.2. The second-order valence-corrected chi connectivity index (χ2v) is 7.13. The number of hydrogen-bond donors (Lipinski definition) is 1. The minimum atomic E-state index is 0.258. The summed E-state index contributed by atoms with van der Waals surface area (Å²) in [6.45, 7) is 6.69. The summed E-state index contributed by atoms with van der Waals surface area (Å²) < 4.78 is 0.258. The maximum absolute atomic E-state index is 3.38. The summed E-state index contributed by atoms with van der Waals surface area (Å²) >= 11 is 1.89. The van der Waals surface area contributed by atoms with Crippen LogP contribution in [0.5, 0.6) is 0 Å². The van der Waals surface area contributed by atoms with E-state index < -0.39 is 0 Å². The molecule has 0 aromatic heterocycles. The van der Waals surface area contributed by atoms with Crippen LogP contribution in [-0.4, -0.2) is 4.75 Å². The van der Waals surface area contributed by atoms with Crippen LogP contribution in [0, 0.1) is 0 Å². The van der Waals surface area contributed by atoms with E-state index in [9.17, 15) is 0 Å². The maximum atomic E-state index is 3.38. The smallest absolute Gasteiger partial charge is 0.0385 e. The van der Waals surface area contributed by atoms with Gasteiger partial charge < -0.3 is 5.32 Å². The average molecular weight is 257 g/mol. The standard InChI is InChI=1S/C16H19NS/c1-16(2,3)18-15-11-9-14(10-12-15)17-13-7-5-4-6-8-13/h4-12,17H,1-3H3. The lowest BCUT2D eigenvalue weighted by Gasteiger charge is -2.17. The highest BCUT2D eigenvalue weighted by atomic mass is 32.2. The van der Waals surface area contributed by atoms with Gasteiger partial charge in [0.05, 0.1) is 0 Å². The molecule has 0 saturated heterocycles. The first kappa shape index (κ1) is 13.0. The van der Waals surface area contributed by atoms with E-state index in [0.29, 0.717) is 0 Å². The predicted octanol–water partition coefficient (Wildman–Crippen LogP) is 5.32. The van der Waals surface area contributed by atoms with Crippen molar-refractivity contribution in [2.75, 3.05) is 5.32 Å². The normalized spacial score (nSPS) is 11.3. The lowest BCUT2D eigenvalue weighted by molar-refractivity contribution is 0.803. The van der Waals surface area contributed by atoms with E-state index in [-0.39, 0.29) is 4.75 Å². The topological polar surface area (TPSA) is 12.0 Å². The van der Waals surface area contributed by atoms with Gasteiger partial charge in [-0.2, -0.15) is 0 Å². The van der Waals surface area contributed by atoms with E-state index in [1.54, 1.807) is 0 Å². The summed E-state index contributed by atoms with van der Waals surface area (Å²) in [6.07, 6.45) is 0. The summed E-state index contributed by atoms with van der Waals surface area (Å²) in [5, 5.41) is 3.38. The predicted molar refractivity (Wildman–Crippen MR) is 81.8 cm³/mol. The van der Waals surface area contributed by atoms with E-state index in [2.05, 4.69) is 62.5 Å². The van der Waals surface area contributed by atoms with Crippen LogP contribution in [-0.2, 0) is 0 Å². The fraction of sp³-hybridized carbons (Fsp3) is 0.250. The number of thioether (sulfide) groups is 1. The van der Waals surface area contributed by atoms with Crippen molar-refractivity contribution in [1.29, 1.82) is 0 Å². The summed E-state index contributed by atoms with van der Waals surface area (Å²) in [5.41, 5.74) is 2.24. The molecule has 1 nitrogen and oxygen atoms in total. The Morgan fingerprint density at radius 2 is 1.33 bits per heavy atom. The van der Waals surface area contributed by atoms with Gasteiger partial charge in [-0.1, -0.05) is 39.0 Å². The molecule has 2 rings (SSSR count). The highest BCUT2D eigenvalue weighted by molar-refractivity contribution is 8.00. The first-order valence-electron chi connectivity index (χ1n) is 6.14. The summed E-state index contributed by atoms with van der Waals surface area (Å²) in [7, 11) is 0. The third-order valence-electron chi connectivity index (χ3n) is 2.34. The molecule has 2 aromatic rings. The van der Waals surface area contributed by atoms with Gasteiger partial charge in [-0.25, -0.2) is 0 Å². The molecule has 2 aromatic carbocycles. The quantitative estimate of drug-likeness (QED) is 0.747. The Hall–Kier alpha value is -1.41. The van der Waals surface area contributed by atoms with Gasteiger partial charge >= 0.3 is 0 Å². The van der Waals surface area contributed by atoms with Crippen molar-refractivity contribution in [3.8, 4) is 0 Å². The molecule has 0 atom stereocenters. The highest BCUT2D eigenvalue weighted by Gasteiger charge is 2.11. The van der Waals surface area contributed by atoms with Crippen molar-refractivity contribution in [3.05, 3.63) is 54.6 Å². The molecule has 0 heterocycles. The van der Waals surface area contributed by atoms with Crippen molar-refractivity contribution in [3.63, 3.8) is 0 Å². The van der Waals surface area contributed by atoms with Crippen molar-refractivity contribution in [2.24, 2.45) is 0 Å². The molecule has 0 amide bonds. The number of rotatable bonds is 3. The van der Waals surface area contributed by atoms with Crippen molar-refractivity contribution in [2.45, 2.75) is 30.4 Å². The summed E-state index contributed by atoms with van der Waals surface area (Å²) in [6, 6.07) is 18.8. The molecular weight excluding hydrogens is 238 g/mol. The van der Waals surface area contributed by atoms with E-state index >= 15 is 0 Å². The molecule has 0 spiro atoms. The Morgan fingerprint density at radius 1 is 0.778 bits per heavy atom. The van der Waals surface area contributed by atoms with Crippen LogP contribution in [0.15, 0.2) is 59.5 Å². The second-order valence-electron chi connectivity index (χ2n) is 5.23. The van der Waals surface area contributed by atoms with Crippen LogP contribution in [0.2, 0.25) is 0 Å². The largest absolute Gasteiger partial charge is 0.356 e. The molecule has 1 N–H and O–H groups in total. The number of para-hydroxylation sites is 1. The van der Waals surface area contributed by atoms with E-state index in [1.165, 1.54) is 4.90 Å². The van der Waals surface area contributed by atoms with Crippen molar-refractivity contribution < 1.29 is 0 Å². The fourth-order valence-corrected chi connectivity index (χ4v) is 2.63. The van der Waals surface area contributed by atoms with Crippen LogP contribution in [0.25, 0.3) is 0 Å². The van der Waals surface area contributed by atoms with Gasteiger partial charge in [-0.15, -0.1) is 11.8 Å². The first-order chi connectivity index (χ1) is 8.53. The Kier molecular flexibility index (Phi) is 3.97. The number of nitrogens with one attached hydrogen (secondary N) is 1. The van der Waals surface area contributed by atoms with Crippen LogP contribution in [0.4, 0.5) is 11.4 Å². The summed E-state index contributed by atoms with van der Waals surface area (Å²) in [4.78, 5) is 1.31. The zero-order chi connectivity index (χ0) is 13.0. The van der Waals surface area contributed by atoms with Crippen LogP contribution in [0.1, 0.15) is 20.8 Å². The number of hydrogen-bond acceptors (Lipinski definition) is 2. The van der Waals surface area contributed by atoms with Gasteiger partial charge in [-0.05, 0) is 36.4 Å². The molecule has 0 bridgehead atoms. The van der Waals surface area contributed by atoms with Crippen LogP contribution in [0.3, 0.4) is 0 Å². The minimum absolute atomic E-state index is 0.258. The van der Waals surface area contributed by atoms with E-state index in [4.69, 9.17) is 0 Å². The van der Waals surface area contributed by atoms with Crippen LogP contribution < -0.4 is 5.32 Å². The van der Waals surface area contributed by atoms with E-state index in [1.807, 2.05) is 30.0 Å². The molecule has 0 unspecified atom stereocenters. The third kappa shape index (κ3) is 4.11. The molecule has 2 heteroatoms. The van der Waals surface area contributed by atoms with Gasteiger partial charge in [-0.3, -0.25) is 0 Å². The second kappa shape index (κ2) is 5.49. The van der Waals surface area contributed by atoms with Gasteiger partial charge in [0.25, 0.3) is 0 Å². The van der Waals surface area contributed by atoms with E-state index in [0.717, 1.165) is 11.4 Å². The monoisotopic (exact) mass is 257 g/mol. The SMILES string of the molecule is CC(C)(C)Sc1ccc(Nc2ccccc2)cc1. The molecule has 0 radical (unpaired) electrons. The lowest BCUT2D eigenvalue weighted by Crippen LogP contribution is -2.06. The highest BCUT2D eigenvalue weighted by Crippen LogP contribution is 2.32. The molecule has 0 saturated carbocycles. The average Bonchev–Trinajstić information content (AvgIpc) is 2.31. The minimum Gasteiger partial charge on any atom is -0.356 e. The fourth-order valence-electron chi connectivity index (χ4n) is 1.65. The Balaban J connectivity index is 2.04. The van der Waals surface area contributed by atoms with Gasteiger partial charge in [0.2, 0.25) is 0 Å². The molecule has 0 fully saturated rings. The Labute approximate surface area is 114 Å². The number of anilines is 2. The maximum Gasteiger partial charge on any atom is 0.0385 e. The number of benzene rings is 2.